The lowest BCUT2D eigenvalue weighted by Gasteiger charge is -2.17. The molecule has 22 heavy (non-hydrogen) atoms. The van der Waals surface area contributed by atoms with E-state index in [4.69, 9.17) is 26.8 Å². The first-order chi connectivity index (χ1) is 10.5. The van der Waals surface area contributed by atoms with Gasteiger partial charge in [0.2, 0.25) is 0 Å². The maximum atomic E-state index is 13.6. The van der Waals surface area contributed by atoms with Crippen LogP contribution >= 0.6 is 11.6 Å². The zero-order valence-electron chi connectivity index (χ0n) is 12.6. The molecule has 0 amide bonds. The quantitative estimate of drug-likeness (QED) is 0.852. The van der Waals surface area contributed by atoms with Crippen molar-refractivity contribution in [3.63, 3.8) is 0 Å². The Labute approximate surface area is 134 Å². The Hall–Kier alpha value is -1.78. The molecule has 5 heteroatoms. The number of benzene rings is 2. The molecule has 0 unspecified atom stereocenters. The van der Waals surface area contributed by atoms with Gasteiger partial charge in [0.1, 0.15) is 23.9 Å². The first kappa shape index (κ1) is 16.6. The van der Waals surface area contributed by atoms with E-state index in [-0.39, 0.29) is 12.6 Å². The van der Waals surface area contributed by atoms with Crippen molar-refractivity contribution in [3.8, 4) is 11.5 Å². The standard InChI is InChI=1S/C17H19ClFNO2/c1-3-17(20)14-8-11(19)9-16(18)15(14)10-22-13-6-4-12(21-2)5-7-13/h4-9,17H,3,10,20H2,1-2H3/t17-/m0/s1. The third-order valence-corrected chi connectivity index (χ3v) is 3.81. The lowest BCUT2D eigenvalue weighted by molar-refractivity contribution is 0.303. The monoisotopic (exact) mass is 323 g/mol. The molecule has 0 bridgehead atoms. The molecule has 0 saturated heterocycles. The van der Waals surface area contributed by atoms with Gasteiger partial charge in [0.15, 0.2) is 0 Å². The number of methoxy groups -OCH3 is 1. The summed E-state index contributed by atoms with van der Waals surface area (Å²) in [6.45, 7) is 2.17. The van der Waals surface area contributed by atoms with Crippen LogP contribution in [0.15, 0.2) is 36.4 Å². The van der Waals surface area contributed by atoms with Crippen LogP contribution in [-0.2, 0) is 6.61 Å². The summed E-state index contributed by atoms with van der Waals surface area (Å²) < 4.78 is 24.4. The molecule has 118 valence electrons. The molecule has 0 aliphatic heterocycles. The van der Waals surface area contributed by atoms with E-state index in [0.717, 1.165) is 5.75 Å². The Balaban J connectivity index is 2.20. The summed E-state index contributed by atoms with van der Waals surface area (Å²) in [6.07, 6.45) is 0.690. The summed E-state index contributed by atoms with van der Waals surface area (Å²) in [5.41, 5.74) is 7.44. The van der Waals surface area contributed by atoms with Gasteiger partial charge >= 0.3 is 0 Å². The van der Waals surface area contributed by atoms with E-state index >= 15 is 0 Å². The van der Waals surface area contributed by atoms with Gasteiger partial charge < -0.3 is 15.2 Å². The van der Waals surface area contributed by atoms with Gasteiger partial charge in [0.25, 0.3) is 0 Å². The number of rotatable bonds is 6. The summed E-state index contributed by atoms with van der Waals surface area (Å²) in [4.78, 5) is 0. The van der Waals surface area contributed by atoms with Crippen LogP contribution in [0.5, 0.6) is 11.5 Å². The fourth-order valence-electron chi connectivity index (χ4n) is 2.15. The molecule has 3 nitrogen and oxygen atoms in total. The highest BCUT2D eigenvalue weighted by molar-refractivity contribution is 6.31. The summed E-state index contributed by atoms with van der Waals surface area (Å²) in [5.74, 6) is 1.04. The Kier molecular flexibility index (Phi) is 5.63. The van der Waals surface area contributed by atoms with Gasteiger partial charge in [0, 0.05) is 11.6 Å². The van der Waals surface area contributed by atoms with Gasteiger partial charge in [0.05, 0.1) is 12.1 Å². The second-order valence-corrected chi connectivity index (χ2v) is 5.34. The number of ether oxygens (including phenoxy) is 2. The Morgan fingerprint density at radius 3 is 2.41 bits per heavy atom. The van der Waals surface area contributed by atoms with Crippen molar-refractivity contribution >= 4 is 11.6 Å². The van der Waals surface area contributed by atoms with E-state index in [2.05, 4.69) is 0 Å². The van der Waals surface area contributed by atoms with E-state index in [1.807, 2.05) is 6.92 Å². The second-order valence-electron chi connectivity index (χ2n) is 4.93. The first-order valence-corrected chi connectivity index (χ1v) is 7.43. The molecule has 1 atom stereocenters. The predicted molar refractivity (Wildman–Crippen MR) is 86.0 cm³/mol. The zero-order chi connectivity index (χ0) is 16.1. The molecule has 0 aliphatic rings. The molecule has 2 rings (SSSR count). The molecule has 0 saturated carbocycles. The largest absolute Gasteiger partial charge is 0.497 e. The van der Waals surface area contributed by atoms with E-state index in [9.17, 15) is 4.39 Å². The second kappa shape index (κ2) is 7.47. The summed E-state index contributed by atoms with van der Waals surface area (Å²) in [6, 6.07) is 9.64. The van der Waals surface area contributed by atoms with Gasteiger partial charge in [-0.25, -0.2) is 4.39 Å². The van der Waals surface area contributed by atoms with Crippen LogP contribution in [0, 0.1) is 5.82 Å². The maximum absolute atomic E-state index is 13.6. The third-order valence-electron chi connectivity index (χ3n) is 3.48. The Morgan fingerprint density at radius 2 is 1.82 bits per heavy atom. The fourth-order valence-corrected chi connectivity index (χ4v) is 2.42. The smallest absolute Gasteiger partial charge is 0.125 e. The minimum atomic E-state index is -0.392. The normalized spacial score (nSPS) is 12.0. The maximum Gasteiger partial charge on any atom is 0.125 e. The summed E-state index contributed by atoms with van der Waals surface area (Å²) >= 11 is 6.15. The van der Waals surface area contributed by atoms with Crippen molar-refractivity contribution in [2.45, 2.75) is 26.0 Å². The van der Waals surface area contributed by atoms with Crippen molar-refractivity contribution in [3.05, 3.63) is 58.4 Å². The average molecular weight is 324 g/mol. The van der Waals surface area contributed by atoms with E-state index in [0.29, 0.717) is 28.3 Å². The van der Waals surface area contributed by atoms with Gasteiger partial charge in [-0.15, -0.1) is 0 Å². The van der Waals surface area contributed by atoms with Crippen LogP contribution in [0.3, 0.4) is 0 Å². The summed E-state index contributed by atoms with van der Waals surface area (Å²) in [5, 5.41) is 0.326. The molecule has 0 fully saturated rings. The van der Waals surface area contributed by atoms with Crippen molar-refractivity contribution in [1.82, 2.24) is 0 Å². The molecular weight excluding hydrogens is 305 g/mol. The highest BCUT2D eigenvalue weighted by atomic mass is 35.5. The minimum absolute atomic E-state index is 0.231. The number of hydrogen-bond donors (Lipinski definition) is 1. The van der Waals surface area contributed by atoms with Crippen LogP contribution in [0.25, 0.3) is 0 Å². The Bertz CT molecular complexity index is 631. The van der Waals surface area contributed by atoms with Gasteiger partial charge in [-0.1, -0.05) is 18.5 Å². The molecule has 0 aromatic heterocycles. The molecule has 0 aliphatic carbocycles. The van der Waals surface area contributed by atoms with E-state index in [1.54, 1.807) is 31.4 Å². The van der Waals surface area contributed by atoms with Crippen LogP contribution in [-0.4, -0.2) is 7.11 Å². The van der Waals surface area contributed by atoms with Crippen molar-refractivity contribution < 1.29 is 13.9 Å². The molecule has 0 spiro atoms. The molecule has 2 aromatic rings. The topological polar surface area (TPSA) is 44.5 Å². The van der Waals surface area contributed by atoms with Gasteiger partial charge in [-0.3, -0.25) is 0 Å². The van der Waals surface area contributed by atoms with Gasteiger partial charge in [-0.2, -0.15) is 0 Å². The lowest BCUT2D eigenvalue weighted by Crippen LogP contribution is -2.13. The van der Waals surface area contributed by atoms with E-state index in [1.165, 1.54) is 12.1 Å². The van der Waals surface area contributed by atoms with Crippen LogP contribution in [0.4, 0.5) is 4.39 Å². The first-order valence-electron chi connectivity index (χ1n) is 7.05. The molecule has 2 aromatic carbocycles. The summed E-state index contributed by atoms with van der Waals surface area (Å²) in [7, 11) is 1.60. The van der Waals surface area contributed by atoms with E-state index < -0.39 is 5.82 Å². The molecule has 0 heterocycles. The van der Waals surface area contributed by atoms with Crippen LogP contribution in [0.1, 0.15) is 30.5 Å². The number of nitrogens with two attached hydrogens (primary N) is 1. The van der Waals surface area contributed by atoms with Crippen molar-refractivity contribution in [1.29, 1.82) is 0 Å². The number of hydrogen-bond acceptors (Lipinski definition) is 3. The predicted octanol–water partition coefficient (Wildman–Crippen LogP) is 4.48. The van der Waals surface area contributed by atoms with Crippen molar-refractivity contribution in [2.24, 2.45) is 5.73 Å². The average Bonchev–Trinajstić information content (AvgIpc) is 2.53. The molecule has 0 radical (unpaired) electrons. The van der Waals surface area contributed by atoms with Crippen LogP contribution in [0.2, 0.25) is 5.02 Å². The van der Waals surface area contributed by atoms with Gasteiger partial charge in [-0.05, 0) is 48.4 Å². The Morgan fingerprint density at radius 1 is 1.18 bits per heavy atom. The third kappa shape index (κ3) is 3.90. The minimum Gasteiger partial charge on any atom is -0.497 e. The fraction of sp³-hybridized carbons (Fsp3) is 0.294. The highest BCUT2D eigenvalue weighted by Gasteiger charge is 2.15. The molecule has 2 N–H and O–H groups in total. The molecular formula is C17H19ClFNO2. The zero-order valence-corrected chi connectivity index (χ0v) is 13.4. The highest BCUT2D eigenvalue weighted by Crippen LogP contribution is 2.29. The number of halogens is 2. The lowest BCUT2D eigenvalue weighted by atomic mass is 9.99. The van der Waals surface area contributed by atoms with Crippen molar-refractivity contribution in [2.75, 3.05) is 7.11 Å². The van der Waals surface area contributed by atoms with Crippen LogP contribution < -0.4 is 15.2 Å². The SMILES string of the molecule is CC[C@H](N)c1cc(F)cc(Cl)c1COc1ccc(OC)cc1.